The van der Waals surface area contributed by atoms with E-state index >= 15 is 0 Å². The van der Waals surface area contributed by atoms with Gasteiger partial charge < -0.3 is 14.7 Å². The molecule has 1 fully saturated rings. The Kier molecular flexibility index (Phi) is 3.67. The van der Waals surface area contributed by atoms with Gasteiger partial charge in [-0.3, -0.25) is 0 Å². The van der Waals surface area contributed by atoms with Gasteiger partial charge in [0.15, 0.2) is 11.6 Å². The van der Waals surface area contributed by atoms with E-state index in [9.17, 15) is 10.4 Å². The Hall–Kier alpha value is -2.65. The van der Waals surface area contributed by atoms with Gasteiger partial charge in [-0.2, -0.15) is 5.26 Å². The number of rotatable bonds is 2. The van der Waals surface area contributed by atoms with Crippen molar-refractivity contribution in [3.05, 3.63) is 36.0 Å². The highest BCUT2D eigenvalue weighted by Crippen LogP contribution is 2.28. The number of morpholine rings is 1. The summed E-state index contributed by atoms with van der Waals surface area (Å²) in [6.45, 7) is 2.60. The Morgan fingerprint density at radius 1 is 1.24 bits per heavy atom. The summed E-state index contributed by atoms with van der Waals surface area (Å²) >= 11 is 0. The summed E-state index contributed by atoms with van der Waals surface area (Å²) < 4.78 is 5.32. The Labute approximate surface area is 122 Å². The number of phenolic OH excluding ortho intramolecular Hbond substituents is 1. The molecule has 0 saturated carbocycles. The fourth-order valence-electron chi connectivity index (χ4n) is 2.26. The minimum atomic E-state index is 0.120. The van der Waals surface area contributed by atoms with Crippen LogP contribution < -0.4 is 4.90 Å². The molecule has 2 heterocycles. The first-order chi connectivity index (χ1) is 10.3. The number of para-hydroxylation sites is 1. The molecule has 1 aromatic heterocycles. The highest BCUT2D eigenvalue weighted by Gasteiger charge is 2.18. The lowest BCUT2D eigenvalue weighted by atomic mass is 10.2. The van der Waals surface area contributed by atoms with Crippen molar-refractivity contribution < 1.29 is 9.84 Å². The van der Waals surface area contributed by atoms with Crippen LogP contribution in [0.2, 0.25) is 0 Å². The molecule has 6 heteroatoms. The third-order valence-electron chi connectivity index (χ3n) is 3.34. The number of hydrogen-bond donors (Lipinski definition) is 1. The van der Waals surface area contributed by atoms with Crippen molar-refractivity contribution in [2.45, 2.75) is 0 Å². The number of ether oxygens (including phenoxy) is 1. The smallest absolute Gasteiger partial charge is 0.165 e. The average molecular weight is 282 g/mol. The van der Waals surface area contributed by atoms with Crippen LogP contribution in [0.4, 0.5) is 5.82 Å². The summed E-state index contributed by atoms with van der Waals surface area (Å²) in [4.78, 5) is 10.7. The molecule has 0 radical (unpaired) electrons. The van der Waals surface area contributed by atoms with Gasteiger partial charge >= 0.3 is 0 Å². The molecule has 106 valence electrons. The van der Waals surface area contributed by atoms with Crippen LogP contribution in [-0.4, -0.2) is 41.4 Å². The lowest BCUT2D eigenvalue weighted by Gasteiger charge is -2.28. The summed E-state index contributed by atoms with van der Waals surface area (Å²) in [5, 5.41) is 19.1. The van der Waals surface area contributed by atoms with Crippen LogP contribution in [0.3, 0.4) is 0 Å². The molecule has 1 N–H and O–H groups in total. The topological polar surface area (TPSA) is 82.3 Å². The zero-order valence-corrected chi connectivity index (χ0v) is 11.4. The van der Waals surface area contributed by atoms with E-state index in [4.69, 9.17) is 4.74 Å². The Balaban J connectivity index is 2.05. The second kappa shape index (κ2) is 5.77. The first-order valence-electron chi connectivity index (χ1n) is 6.68. The molecule has 0 aliphatic carbocycles. The molecule has 0 spiro atoms. The molecule has 2 aromatic rings. The first kappa shape index (κ1) is 13.3. The molecule has 0 unspecified atom stereocenters. The molecule has 1 aliphatic heterocycles. The van der Waals surface area contributed by atoms with Gasteiger partial charge in [0.25, 0.3) is 0 Å². The molecule has 3 rings (SSSR count). The number of aromatic hydroxyl groups is 1. The van der Waals surface area contributed by atoms with Crippen LogP contribution in [0.5, 0.6) is 5.75 Å². The Morgan fingerprint density at radius 3 is 2.71 bits per heavy atom. The maximum atomic E-state index is 9.91. The minimum Gasteiger partial charge on any atom is -0.507 e. The van der Waals surface area contributed by atoms with E-state index < -0.39 is 0 Å². The van der Waals surface area contributed by atoms with Crippen molar-refractivity contribution in [1.82, 2.24) is 9.97 Å². The molecule has 0 bridgehead atoms. The maximum absolute atomic E-state index is 9.91. The molecule has 21 heavy (non-hydrogen) atoms. The highest BCUT2D eigenvalue weighted by atomic mass is 16.5. The summed E-state index contributed by atoms with van der Waals surface area (Å²) in [6, 6.07) is 9.01. The second-order valence-electron chi connectivity index (χ2n) is 4.66. The standard InChI is InChI=1S/C15H14N4O2/c16-9-11-10-17-14(12-3-1-2-4-13(12)20)18-15(11)19-5-7-21-8-6-19/h1-4,10,20H,5-8H2. The second-order valence-corrected chi connectivity index (χ2v) is 4.66. The van der Waals surface area contributed by atoms with Gasteiger partial charge in [0, 0.05) is 13.1 Å². The van der Waals surface area contributed by atoms with Crippen LogP contribution in [-0.2, 0) is 4.74 Å². The zero-order valence-electron chi connectivity index (χ0n) is 11.4. The quantitative estimate of drug-likeness (QED) is 0.900. The lowest BCUT2D eigenvalue weighted by molar-refractivity contribution is 0.122. The van der Waals surface area contributed by atoms with Gasteiger partial charge in [0.05, 0.1) is 25.0 Å². The Morgan fingerprint density at radius 2 is 2.00 bits per heavy atom. The van der Waals surface area contributed by atoms with Gasteiger partial charge in [-0.15, -0.1) is 0 Å². The molecule has 0 atom stereocenters. The van der Waals surface area contributed by atoms with Crippen molar-refractivity contribution in [2.75, 3.05) is 31.2 Å². The van der Waals surface area contributed by atoms with Crippen molar-refractivity contribution in [3.63, 3.8) is 0 Å². The number of nitrogens with zero attached hydrogens (tertiary/aromatic N) is 4. The van der Waals surface area contributed by atoms with E-state index in [2.05, 4.69) is 16.0 Å². The van der Waals surface area contributed by atoms with Crippen LogP contribution in [0, 0.1) is 11.3 Å². The summed E-state index contributed by atoms with van der Waals surface area (Å²) in [5.41, 5.74) is 0.979. The predicted molar refractivity (Wildman–Crippen MR) is 76.9 cm³/mol. The van der Waals surface area contributed by atoms with Crippen LogP contribution in [0.1, 0.15) is 5.56 Å². The predicted octanol–water partition coefficient (Wildman–Crippen LogP) is 1.56. The molecule has 1 saturated heterocycles. The van der Waals surface area contributed by atoms with E-state index in [0.717, 1.165) is 0 Å². The molecule has 1 aromatic carbocycles. The van der Waals surface area contributed by atoms with Gasteiger partial charge in [-0.25, -0.2) is 9.97 Å². The summed E-state index contributed by atoms with van der Waals surface area (Å²) in [7, 11) is 0. The lowest BCUT2D eigenvalue weighted by Crippen LogP contribution is -2.37. The molecule has 1 aliphatic rings. The maximum Gasteiger partial charge on any atom is 0.165 e. The number of hydrogen-bond acceptors (Lipinski definition) is 6. The van der Waals surface area contributed by atoms with Crippen LogP contribution in [0.25, 0.3) is 11.4 Å². The number of nitriles is 1. The molecule has 6 nitrogen and oxygen atoms in total. The van der Waals surface area contributed by atoms with Crippen molar-refractivity contribution in [2.24, 2.45) is 0 Å². The fraction of sp³-hybridized carbons (Fsp3) is 0.267. The number of benzene rings is 1. The van der Waals surface area contributed by atoms with E-state index in [-0.39, 0.29) is 5.75 Å². The molecular formula is C15H14N4O2. The van der Waals surface area contributed by atoms with Gasteiger partial charge in [0.1, 0.15) is 17.4 Å². The van der Waals surface area contributed by atoms with E-state index in [1.807, 2.05) is 11.0 Å². The third-order valence-corrected chi connectivity index (χ3v) is 3.34. The van der Waals surface area contributed by atoms with Crippen molar-refractivity contribution >= 4 is 5.82 Å². The van der Waals surface area contributed by atoms with Gasteiger partial charge in [-0.05, 0) is 12.1 Å². The molecular weight excluding hydrogens is 268 g/mol. The monoisotopic (exact) mass is 282 g/mol. The van der Waals surface area contributed by atoms with E-state index in [1.54, 1.807) is 18.2 Å². The fourth-order valence-corrected chi connectivity index (χ4v) is 2.26. The van der Waals surface area contributed by atoms with Crippen molar-refractivity contribution in [3.8, 4) is 23.2 Å². The van der Waals surface area contributed by atoms with Gasteiger partial charge in [-0.1, -0.05) is 12.1 Å². The largest absolute Gasteiger partial charge is 0.507 e. The van der Waals surface area contributed by atoms with E-state index in [1.165, 1.54) is 6.20 Å². The van der Waals surface area contributed by atoms with E-state index in [0.29, 0.717) is 49.1 Å². The van der Waals surface area contributed by atoms with Crippen LogP contribution >= 0.6 is 0 Å². The SMILES string of the molecule is N#Cc1cnc(-c2ccccc2O)nc1N1CCOCC1. The average Bonchev–Trinajstić information content (AvgIpc) is 2.55. The summed E-state index contributed by atoms with van der Waals surface area (Å²) in [6.07, 6.45) is 1.50. The third kappa shape index (κ3) is 2.64. The number of phenols is 1. The zero-order chi connectivity index (χ0) is 14.7. The number of aromatic nitrogens is 2. The molecule has 0 amide bonds. The highest BCUT2D eigenvalue weighted by molar-refractivity contribution is 5.66. The summed E-state index contributed by atoms with van der Waals surface area (Å²) in [5.74, 6) is 1.12. The van der Waals surface area contributed by atoms with Crippen LogP contribution in [0.15, 0.2) is 30.5 Å². The number of anilines is 1. The normalized spacial score (nSPS) is 14.7. The van der Waals surface area contributed by atoms with Crippen molar-refractivity contribution in [1.29, 1.82) is 5.26 Å². The first-order valence-corrected chi connectivity index (χ1v) is 6.68. The Bertz CT molecular complexity index is 690. The van der Waals surface area contributed by atoms with Gasteiger partial charge in [0.2, 0.25) is 0 Å². The minimum absolute atomic E-state index is 0.120.